The lowest BCUT2D eigenvalue weighted by atomic mass is 10.0. The van der Waals surface area contributed by atoms with Crippen LogP contribution < -0.4 is 10.5 Å². The van der Waals surface area contributed by atoms with Crippen LogP contribution in [0.3, 0.4) is 0 Å². The zero-order valence-electron chi connectivity index (χ0n) is 18.7. The number of fused-ring (bicyclic) bond motifs is 4. The molecule has 1 aliphatic rings. The minimum Gasteiger partial charge on any atom is -0.491 e. The standard InChI is InChI=1S/C24H22N8O2/c1-3-31-11-15(8-28-31)14-4-5-16-21(12-34-22(16)6-14)30(2)24(33)17-7-19-18(9-27-17)29-23(25)20-10-26-13-32(19)20/h4-11,13,21H,3,12H2,1-2H3,(H2,25,29)/t21-/m1/s1. The summed E-state index contributed by atoms with van der Waals surface area (Å²) in [7, 11) is 1.77. The van der Waals surface area contributed by atoms with Gasteiger partial charge in [-0.15, -0.1) is 0 Å². The van der Waals surface area contributed by atoms with Crippen molar-refractivity contribution >= 4 is 28.3 Å². The summed E-state index contributed by atoms with van der Waals surface area (Å²) in [5.74, 6) is 0.934. The number of carbonyl (C=O) groups is 1. The van der Waals surface area contributed by atoms with Crippen LogP contribution in [-0.2, 0) is 6.54 Å². The molecule has 1 aliphatic heterocycles. The van der Waals surface area contributed by atoms with E-state index >= 15 is 0 Å². The van der Waals surface area contributed by atoms with Gasteiger partial charge in [-0.3, -0.25) is 13.9 Å². The van der Waals surface area contributed by atoms with Crippen LogP contribution in [0.25, 0.3) is 27.7 Å². The van der Waals surface area contributed by atoms with Crippen molar-refractivity contribution in [3.8, 4) is 16.9 Å². The van der Waals surface area contributed by atoms with Crippen molar-refractivity contribution in [2.75, 3.05) is 19.4 Å². The van der Waals surface area contributed by atoms with E-state index in [1.807, 2.05) is 39.7 Å². The molecule has 0 radical (unpaired) electrons. The number of pyridine rings is 1. The van der Waals surface area contributed by atoms with Crippen LogP contribution >= 0.6 is 0 Å². The first-order valence-corrected chi connectivity index (χ1v) is 11.0. The third-order valence-corrected chi connectivity index (χ3v) is 6.33. The molecule has 6 rings (SSSR count). The predicted octanol–water partition coefficient (Wildman–Crippen LogP) is 2.95. The van der Waals surface area contributed by atoms with Crippen molar-refractivity contribution in [2.45, 2.75) is 19.5 Å². The molecule has 10 nitrogen and oxygen atoms in total. The zero-order valence-corrected chi connectivity index (χ0v) is 18.7. The maximum atomic E-state index is 13.4. The number of benzene rings is 1. The number of imidazole rings is 1. The second kappa shape index (κ2) is 7.55. The van der Waals surface area contributed by atoms with Crippen LogP contribution in [0.2, 0.25) is 0 Å². The Labute approximate surface area is 194 Å². The second-order valence-corrected chi connectivity index (χ2v) is 8.28. The molecule has 10 heteroatoms. The van der Waals surface area contributed by atoms with Gasteiger partial charge in [0.15, 0.2) is 0 Å². The van der Waals surface area contributed by atoms with E-state index in [0.29, 0.717) is 34.7 Å². The highest BCUT2D eigenvalue weighted by atomic mass is 16.5. The number of amides is 1. The topological polar surface area (TPSA) is 116 Å². The minimum atomic E-state index is -0.217. The highest BCUT2D eigenvalue weighted by Gasteiger charge is 2.31. The molecule has 2 N–H and O–H groups in total. The Morgan fingerprint density at radius 3 is 2.91 bits per heavy atom. The lowest BCUT2D eigenvalue weighted by Crippen LogP contribution is -2.32. The van der Waals surface area contributed by atoms with E-state index in [9.17, 15) is 4.79 Å². The van der Waals surface area contributed by atoms with Gasteiger partial charge < -0.3 is 15.4 Å². The summed E-state index contributed by atoms with van der Waals surface area (Å²) in [6.45, 7) is 3.25. The second-order valence-electron chi connectivity index (χ2n) is 8.28. The summed E-state index contributed by atoms with van der Waals surface area (Å²) in [5, 5.41) is 4.35. The average Bonchev–Trinajstić information content (AvgIpc) is 3.62. The van der Waals surface area contributed by atoms with E-state index in [0.717, 1.165) is 29.0 Å². The maximum Gasteiger partial charge on any atom is 0.272 e. The molecule has 0 spiro atoms. The number of ether oxygens (including phenoxy) is 1. The lowest BCUT2D eigenvalue weighted by Gasteiger charge is -2.23. The largest absolute Gasteiger partial charge is 0.491 e. The Hall–Kier alpha value is -4.47. The van der Waals surface area contributed by atoms with Crippen molar-refractivity contribution < 1.29 is 9.53 Å². The Kier molecular flexibility index (Phi) is 4.47. The van der Waals surface area contributed by atoms with E-state index in [-0.39, 0.29) is 11.9 Å². The third kappa shape index (κ3) is 3.06. The van der Waals surface area contributed by atoms with Crippen molar-refractivity contribution in [3.63, 3.8) is 0 Å². The van der Waals surface area contributed by atoms with Gasteiger partial charge in [0.05, 0.1) is 36.5 Å². The molecular formula is C24H22N8O2. The Balaban J connectivity index is 1.30. The average molecular weight is 454 g/mol. The van der Waals surface area contributed by atoms with Gasteiger partial charge >= 0.3 is 0 Å². The smallest absolute Gasteiger partial charge is 0.272 e. The molecule has 1 atom stereocenters. The van der Waals surface area contributed by atoms with Crippen LogP contribution in [0.4, 0.5) is 5.82 Å². The molecule has 0 saturated carbocycles. The quantitative estimate of drug-likeness (QED) is 0.444. The van der Waals surface area contributed by atoms with Gasteiger partial charge in [0, 0.05) is 30.9 Å². The van der Waals surface area contributed by atoms with Gasteiger partial charge in [-0.25, -0.2) is 15.0 Å². The summed E-state index contributed by atoms with van der Waals surface area (Å²) < 4.78 is 9.66. The van der Waals surface area contributed by atoms with Crippen LogP contribution in [0, 0.1) is 0 Å². The molecule has 5 heterocycles. The normalized spacial score (nSPS) is 14.9. The van der Waals surface area contributed by atoms with Crippen molar-refractivity contribution in [2.24, 2.45) is 0 Å². The van der Waals surface area contributed by atoms with Gasteiger partial charge in [-0.05, 0) is 24.6 Å². The maximum absolute atomic E-state index is 13.4. The molecule has 34 heavy (non-hydrogen) atoms. The predicted molar refractivity (Wildman–Crippen MR) is 126 cm³/mol. The number of nitrogens with zero attached hydrogens (tertiary/aromatic N) is 7. The van der Waals surface area contributed by atoms with Crippen LogP contribution in [0.5, 0.6) is 5.75 Å². The number of anilines is 1. The Morgan fingerprint density at radius 2 is 2.09 bits per heavy atom. The summed E-state index contributed by atoms with van der Waals surface area (Å²) in [6, 6.07) is 7.57. The molecule has 1 aromatic carbocycles. The van der Waals surface area contributed by atoms with E-state index in [1.54, 1.807) is 36.7 Å². The lowest BCUT2D eigenvalue weighted by molar-refractivity contribution is 0.0703. The van der Waals surface area contributed by atoms with E-state index in [4.69, 9.17) is 10.5 Å². The van der Waals surface area contributed by atoms with Gasteiger partial charge in [0.2, 0.25) is 0 Å². The number of nitrogen functional groups attached to an aromatic ring is 1. The monoisotopic (exact) mass is 454 g/mol. The summed E-state index contributed by atoms with van der Waals surface area (Å²) in [5.41, 5.74) is 11.3. The number of likely N-dealkylation sites (N-methyl/N-ethyl adjacent to an activating group) is 1. The molecule has 170 valence electrons. The Morgan fingerprint density at radius 1 is 1.21 bits per heavy atom. The summed E-state index contributed by atoms with van der Waals surface area (Å²) in [4.78, 5) is 27.9. The first-order chi connectivity index (χ1) is 16.5. The molecule has 1 amide bonds. The first-order valence-electron chi connectivity index (χ1n) is 11.0. The van der Waals surface area contributed by atoms with Crippen LogP contribution in [0.15, 0.2) is 55.4 Å². The van der Waals surface area contributed by atoms with Crippen molar-refractivity contribution in [1.29, 1.82) is 0 Å². The molecule has 4 aromatic heterocycles. The molecule has 0 saturated heterocycles. The number of hydrogen-bond donors (Lipinski definition) is 1. The van der Waals surface area contributed by atoms with Gasteiger partial charge in [-0.1, -0.05) is 12.1 Å². The number of hydrogen-bond acceptors (Lipinski definition) is 7. The van der Waals surface area contributed by atoms with E-state index in [1.165, 1.54) is 0 Å². The fraction of sp³-hybridized carbons (Fsp3) is 0.208. The van der Waals surface area contributed by atoms with Crippen LogP contribution in [0.1, 0.15) is 29.0 Å². The van der Waals surface area contributed by atoms with Gasteiger partial charge in [-0.2, -0.15) is 5.10 Å². The number of rotatable bonds is 4. The number of carbonyl (C=O) groups excluding carboxylic acids is 1. The summed E-state index contributed by atoms with van der Waals surface area (Å²) >= 11 is 0. The van der Waals surface area contributed by atoms with Crippen molar-refractivity contribution in [1.82, 2.24) is 34.0 Å². The minimum absolute atomic E-state index is 0.207. The van der Waals surface area contributed by atoms with E-state index in [2.05, 4.69) is 27.0 Å². The van der Waals surface area contributed by atoms with E-state index < -0.39 is 0 Å². The zero-order chi connectivity index (χ0) is 23.4. The van der Waals surface area contributed by atoms with Crippen LogP contribution in [-0.4, -0.2) is 53.6 Å². The molecule has 5 aromatic rings. The highest BCUT2D eigenvalue weighted by molar-refractivity contribution is 5.96. The highest BCUT2D eigenvalue weighted by Crippen LogP contribution is 2.38. The summed E-state index contributed by atoms with van der Waals surface area (Å²) in [6.07, 6.45) is 8.71. The molecule has 0 aliphatic carbocycles. The number of nitrogens with two attached hydrogens (primary N) is 1. The fourth-order valence-corrected chi connectivity index (χ4v) is 4.40. The molecule has 0 bridgehead atoms. The van der Waals surface area contributed by atoms with Gasteiger partial charge in [0.1, 0.15) is 34.9 Å². The molecule has 0 unspecified atom stereocenters. The molecule has 0 fully saturated rings. The number of aromatic nitrogens is 6. The fourth-order valence-electron chi connectivity index (χ4n) is 4.40. The Bertz CT molecular complexity index is 1570. The van der Waals surface area contributed by atoms with Gasteiger partial charge in [0.25, 0.3) is 5.91 Å². The SMILES string of the molecule is CCn1cc(-c2ccc3c(c2)OC[C@H]3N(C)C(=O)c2cc3c(cn2)nc(N)c2cncn23)cn1. The number of aryl methyl sites for hydroxylation is 1. The van der Waals surface area contributed by atoms with Crippen molar-refractivity contribution in [3.05, 3.63) is 66.6 Å². The molecular weight excluding hydrogens is 432 g/mol. The third-order valence-electron chi connectivity index (χ3n) is 6.33. The first kappa shape index (κ1) is 20.2.